The molecule has 1 saturated heterocycles. The Morgan fingerprint density at radius 2 is 1.58 bits per heavy atom. The van der Waals surface area contributed by atoms with Gasteiger partial charge in [-0.2, -0.15) is 0 Å². The summed E-state index contributed by atoms with van der Waals surface area (Å²) in [5.74, 6) is -0.562. The molecule has 0 bridgehead atoms. The van der Waals surface area contributed by atoms with Crippen LogP contribution < -0.4 is 10.6 Å². The van der Waals surface area contributed by atoms with Gasteiger partial charge in [0.05, 0.1) is 6.04 Å². The SMILES string of the molecule is CCCCCCCC1CCCCCCCC(C(=O)N(C)C)C[C@@H](C=O)NC(=O)[C@H](CC(C)C)NC1=O. The van der Waals surface area contributed by atoms with Crippen molar-refractivity contribution < 1.29 is 19.2 Å². The van der Waals surface area contributed by atoms with E-state index < -0.39 is 12.1 Å². The Morgan fingerprint density at radius 3 is 2.19 bits per heavy atom. The number of rotatable bonds is 10. The zero-order chi connectivity index (χ0) is 26.9. The molecule has 1 aliphatic heterocycles. The Kier molecular flexibility index (Phi) is 16.4. The molecule has 36 heavy (non-hydrogen) atoms. The zero-order valence-electron chi connectivity index (χ0n) is 23.7. The van der Waals surface area contributed by atoms with Gasteiger partial charge in [0.25, 0.3) is 0 Å². The van der Waals surface area contributed by atoms with E-state index in [1.165, 1.54) is 19.3 Å². The van der Waals surface area contributed by atoms with Crippen LogP contribution >= 0.6 is 0 Å². The summed E-state index contributed by atoms with van der Waals surface area (Å²) >= 11 is 0. The van der Waals surface area contributed by atoms with Gasteiger partial charge in [-0.25, -0.2) is 0 Å². The molecule has 1 rings (SSSR count). The summed E-state index contributed by atoms with van der Waals surface area (Å²) in [5.41, 5.74) is 0. The molecular weight excluding hydrogens is 454 g/mol. The fraction of sp³-hybridized carbons (Fsp3) is 0.862. The molecule has 1 heterocycles. The Hall–Kier alpha value is -1.92. The molecular formula is C29H53N3O4. The van der Waals surface area contributed by atoms with E-state index in [4.69, 9.17) is 0 Å². The molecule has 4 atom stereocenters. The van der Waals surface area contributed by atoms with Gasteiger partial charge in [0, 0.05) is 25.9 Å². The first-order valence-corrected chi connectivity index (χ1v) is 14.5. The van der Waals surface area contributed by atoms with E-state index in [0.717, 1.165) is 64.1 Å². The Bertz CT molecular complexity index is 665. The van der Waals surface area contributed by atoms with Crippen molar-refractivity contribution >= 4 is 24.0 Å². The smallest absolute Gasteiger partial charge is 0.243 e. The lowest BCUT2D eigenvalue weighted by atomic mass is 9.90. The minimum absolute atomic E-state index is 0.00831. The van der Waals surface area contributed by atoms with Crippen molar-refractivity contribution in [3.8, 4) is 0 Å². The van der Waals surface area contributed by atoms with Crippen molar-refractivity contribution in [2.24, 2.45) is 17.8 Å². The predicted molar refractivity (Wildman–Crippen MR) is 145 cm³/mol. The number of hydrogen-bond acceptors (Lipinski definition) is 4. The topological polar surface area (TPSA) is 95.6 Å². The monoisotopic (exact) mass is 507 g/mol. The Morgan fingerprint density at radius 1 is 0.944 bits per heavy atom. The highest BCUT2D eigenvalue weighted by Crippen LogP contribution is 2.22. The van der Waals surface area contributed by atoms with Gasteiger partial charge in [-0.1, -0.05) is 85.0 Å². The van der Waals surface area contributed by atoms with Crippen LogP contribution in [0.1, 0.15) is 117 Å². The first-order chi connectivity index (χ1) is 17.2. The predicted octanol–water partition coefficient (Wildman–Crippen LogP) is 5.02. The van der Waals surface area contributed by atoms with Crippen LogP contribution in [-0.4, -0.2) is 55.1 Å². The molecule has 2 N–H and O–H groups in total. The maximum absolute atomic E-state index is 13.3. The van der Waals surface area contributed by atoms with Crippen LogP contribution in [-0.2, 0) is 19.2 Å². The van der Waals surface area contributed by atoms with Crippen molar-refractivity contribution in [2.45, 2.75) is 129 Å². The molecule has 3 amide bonds. The average molecular weight is 508 g/mol. The molecule has 1 aliphatic rings. The van der Waals surface area contributed by atoms with Gasteiger partial charge < -0.3 is 20.3 Å². The summed E-state index contributed by atoms with van der Waals surface area (Å²) in [5, 5.41) is 5.87. The van der Waals surface area contributed by atoms with E-state index in [2.05, 4.69) is 17.6 Å². The third-order valence-corrected chi connectivity index (χ3v) is 7.29. The summed E-state index contributed by atoms with van der Waals surface area (Å²) in [7, 11) is 3.45. The van der Waals surface area contributed by atoms with Crippen molar-refractivity contribution in [2.75, 3.05) is 14.1 Å². The second-order valence-electron chi connectivity index (χ2n) is 11.4. The maximum Gasteiger partial charge on any atom is 0.243 e. The van der Waals surface area contributed by atoms with Gasteiger partial charge in [-0.15, -0.1) is 0 Å². The first-order valence-electron chi connectivity index (χ1n) is 14.5. The highest BCUT2D eigenvalue weighted by molar-refractivity contribution is 5.90. The lowest BCUT2D eigenvalue weighted by Crippen LogP contribution is -2.52. The van der Waals surface area contributed by atoms with Crippen LogP contribution in [0.25, 0.3) is 0 Å². The molecule has 208 valence electrons. The molecule has 0 aliphatic carbocycles. The molecule has 7 heteroatoms. The number of amides is 3. The minimum atomic E-state index is -0.750. The summed E-state index contributed by atoms with van der Waals surface area (Å²) in [6.07, 6.45) is 14.8. The molecule has 2 unspecified atom stereocenters. The Labute approximate surface area is 219 Å². The maximum atomic E-state index is 13.3. The molecule has 0 aromatic carbocycles. The highest BCUT2D eigenvalue weighted by Gasteiger charge is 2.30. The summed E-state index contributed by atoms with van der Waals surface area (Å²) < 4.78 is 0. The van der Waals surface area contributed by atoms with Gasteiger partial charge in [0.2, 0.25) is 17.7 Å². The van der Waals surface area contributed by atoms with Crippen LogP contribution in [0.5, 0.6) is 0 Å². The van der Waals surface area contributed by atoms with Crippen LogP contribution in [0.15, 0.2) is 0 Å². The number of nitrogens with zero attached hydrogens (tertiary/aromatic N) is 1. The van der Waals surface area contributed by atoms with Gasteiger partial charge in [0.1, 0.15) is 12.3 Å². The van der Waals surface area contributed by atoms with Crippen LogP contribution in [0, 0.1) is 17.8 Å². The lowest BCUT2D eigenvalue weighted by Gasteiger charge is -2.27. The standard InChI is InChI=1S/C29H53N3O4/c1-6-7-8-10-13-16-23-17-14-11-9-12-15-18-24(29(36)32(4)5)20-25(21-33)30-28(35)26(19-22(2)3)31-27(23)34/h21-26H,6-20H2,1-5H3,(H,30,35)(H,31,34)/t23?,24?,25-,26-/m0/s1. The van der Waals surface area contributed by atoms with Gasteiger partial charge in [-0.3, -0.25) is 14.4 Å². The zero-order valence-corrected chi connectivity index (χ0v) is 23.7. The molecule has 0 radical (unpaired) electrons. The summed E-state index contributed by atoms with van der Waals surface area (Å²) in [6.45, 7) is 6.24. The quantitative estimate of drug-likeness (QED) is 0.321. The molecule has 0 spiro atoms. The second-order valence-corrected chi connectivity index (χ2v) is 11.4. The number of carbonyl (C=O) groups excluding carboxylic acids is 4. The van der Waals surface area contributed by atoms with Crippen LogP contribution in [0.3, 0.4) is 0 Å². The molecule has 7 nitrogen and oxygen atoms in total. The van der Waals surface area contributed by atoms with Crippen molar-refractivity contribution in [1.29, 1.82) is 0 Å². The van der Waals surface area contributed by atoms with Gasteiger partial charge in [0.15, 0.2) is 0 Å². The molecule has 0 aromatic rings. The summed E-state index contributed by atoms with van der Waals surface area (Å²) in [6, 6.07) is -1.43. The molecule has 0 aromatic heterocycles. The van der Waals surface area contributed by atoms with E-state index >= 15 is 0 Å². The van der Waals surface area contributed by atoms with Crippen molar-refractivity contribution in [3.63, 3.8) is 0 Å². The third-order valence-electron chi connectivity index (χ3n) is 7.29. The van der Waals surface area contributed by atoms with Gasteiger partial charge >= 0.3 is 0 Å². The minimum Gasteiger partial charge on any atom is -0.349 e. The van der Waals surface area contributed by atoms with Crippen molar-refractivity contribution in [1.82, 2.24) is 15.5 Å². The largest absolute Gasteiger partial charge is 0.349 e. The van der Waals surface area contributed by atoms with E-state index in [0.29, 0.717) is 12.8 Å². The van der Waals surface area contributed by atoms with E-state index in [9.17, 15) is 19.2 Å². The number of unbranched alkanes of at least 4 members (excludes halogenated alkanes) is 4. The number of aldehydes is 1. The van der Waals surface area contributed by atoms with Crippen LogP contribution in [0.2, 0.25) is 0 Å². The Balaban J connectivity index is 3.02. The van der Waals surface area contributed by atoms with Crippen LogP contribution in [0.4, 0.5) is 0 Å². The molecule has 1 fully saturated rings. The number of carbonyl (C=O) groups is 4. The average Bonchev–Trinajstić information content (AvgIpc) is 2.83. The fourth-order valence-electron chi connectivity index (χ4n) is 5.15. The lowest BCUT2D eigenvalue weighted by molar-refractivity contribution is -0.135. The van der Waals surface area contributed by atoms with E-state index in [1.54, 1.807) is 19.0 Å². The van der Waals surface area contributed by atoms with E-state index in [-0.39, 0.29) is 41.9 Å². The van der Waals surface area contributed by atoms with Crippen molar-refractivity contribution in [3.05, 3.63) is 0 Å². The third kappa shape index (κ3) is 12.9. The second kappa shape index (κ2) is 18.3. The number of hydrogen-bond donors (Lipinski definition) is 2. The highest BCUT2D eigenvalue weighted by atomic mass is 16.2. The normalized spacial score (nSPS) is 25.2. The first kappa shape index (κ1) is 32.1. The van der Waals surface area contributed by atoms with Gasteiger partial charge in [-0.05, 0) is 38.0 Å². The number of nitrogens with one attached hydrogen (secondary N) is 2. The fourth-order valence-corrected chi connectivity index (χ4v) is 5.15. The summed E-state index contributed by atoms with van der Waals surface area (Å²) in [4.78, 5) is 52.8. The molecule has 0 saturated carbocycles. The van der Waals surface area contributed by atoms with E-state index in [1.807, 2.05) is 13.8 Å².